The number of carbonyl (C=O) groups is 1. The largest absolute Gasteiger partial charge is 0.330 e. The highest BCUT2D eigenvalue weighted by Gasteiger charge is 2.38. The van der Waals surface area contributed by atoms with Crippen molar-refractivity contribution in [1.82, 2.24) is 9.80 Å². The third kappa shape index (κ3) is 2.88. The second-order valence-corrected chi connectivity index (χ2v) is 6.30. The molecule has 2 bridgehead atoms. The van der Waals surface area contributed by atoms with Crippen LogP contribution in [0.3, 0.4) is 0 Å². The van der Waals surface area contributed by atoms with Crippen LogP contribution in [0, 0.1) is 12.8 Å². The predicted octanol–water partition coefficient (Wildman–Crippen LogP) is 2.60. The van der Waals surface area contributed by atoms with Gasteiger partial charge < -0.3 is 9.80 Å². The molecule has 1 unspecified atom stereocenters. The maximum absolute atomic E-state index is 12.4. The minimum absolute atomic E-state index is 0.0667. The van der Waals surface area contributed by atoms with Crippen LogP contribution in [0.1, 0.15) is 24.0 Å². The molecular weight excluding hydrogens is 260 g/mol. The molecule has 1 amide bonds. The van der Waals surface area contributed by atoms with E-state index in [1.807, 2.05) is 11.0 Å². The average Bonchev–Trinajstić information content (AvgIpc) is 2.54. The average molecular weight is 284 g/mol. The molecule has 1 aromatic rings. The van der Waals surface area contributed by atoms with Crippen molar-refractivity contribution < 1.29 is 4.79 Å². The molecule has 0 radical (unpaired) electrons. The van der Waals surface area contributed by atoms with Gasteiger partial charge in [0.25, 0.3) is 0 Å². The Labute approximate surface area is 127 Å². The zero-order valence-electron chi connectivity index (χ0n) is 12.8. The molecule has 3 heterocycles. The van der Waals surface area contributed by atoms with E-state index in [4.69, 9.17) is 0 Å². The lowest BCUT2D eigenvalue weighted by Gasteiger charge is -2.49. The normalized spacial score (nSPS) is 27.4. The lowest BCUT2D eigenvalue weighted by Crippen LogP contribution is -2.58. The molecule has 3 fully saturated rings. The topological polar surface area (TPSA) is 23.6 Å². The first-order valence-corrected chi connectivity index (χ1v) is 7.89. The van der Waals surface area contributed by atoms with Gasteiger partial charge in [-0.3, -0.25) is 4.79 Å². The van der Waals surface area contributed by atoms with E-state index in [0.717, 1.165) is 6.54 Å². The summed E-state index contributed by atoms with van der Waals surface area (Å²) >= 11 is 0. The van der Waals surface area contributed by atoms with Crippen molar-refractivity contribution >= 4 is 5.91 Å². The Bertz CT molecular complexity index is 532. The van der Waals surface area contributed by atoms with Crippen LogP contribution in [0.15, 0.2) is 36.9 Å². The zero-order valence-corrected chi connectivity index (χ0v) is 12.8. The van der Waals surface area contributed by atoms with E-state index in [-0.39, 0.29) is 5.91 Å². The number of hydrogen-bond acceptors (Lipinski definition) is 2. The third-order valence-corrected chi connectivity index (χ3v) is 5.08. The second-order valence-electron chi connectivity index (χ2n) is 6.30. The molecule has 0 spiro atoms. The van der Waals surface area contributed by atoms with Gasteiger partial charge >= 0.3 is 0 Å². The molecule has 3 heteroatoms. The summed E-state index contributed by atoms with van der Waals surface area (Å²) < 4.78 is 0. The maximum atomic E-state index is 12.4. The van der Waals surface area contributed by atoms with Gasteiger partial charge in [-0.1, -0.05) is 30.8 Å². The maximum Gasteiger partial charge on any atom is 0.246 e. The van der Waals surface area contributed by atoms with Gasteiger partial charge in [0, 0.05) is 19.1 Å². The summed E-state index contributed by atoms with van der Waals surface area (Å²) in [6.07, 6.45) is 3.91. The van der Waals surface area contributed by atoms with Gasteiger partial charge in [-0.2, -0.15) is 0 Å². The van der Waals surface area contributed by atoms with Gasteiger partial charge in [0.2, 0.25) is 5.91 Å². The van der Waals surface area contributed by atoms with E-state index in [9.17, 15) is 4.79 Å². The van der Waals surface area contributed by atoms with Crippen LogP contribution in [-0.2, 0) is 11.3 Å². The Morgan fingerprint density at radius 3 is 2.67 bits per heavy atom. The molecule has 1 atom stereocenters. The summed E-state index contributed by atoms with van der Waals surface area (Å²) in [5, 5.41) is 0. The number of benzene rings is 1. The van der Waals surface area contributed by atoms with Gasteiger partial charge in [-0.25, -0.2) is 0 Å². The van der Waals surface area contributed by atoms with E-state index in [0.29, 0.717) is 18.5 Å². The van der Waals surface area contributed by atoms with Crippen molar-refractivity contribution in [2.75, 3.05) is 19.6 Å². The number of nitrogens with zero attached hydrogens (tertiary/aromatic N) is 2. The van der Waals surface area contributed by atoms with Gasteiger partial charge in [0.15, 0.2) is 0 Å². The molecule has 4 rings (SSSR count). The Morgan fingerprint density at radius 2 is 2.10 bits per heavy atom. The summed E-state index contributed by atoms with van der Waals surface area (Å²) in [6.45, 7) is 9.93. The molecule has 3 saturated heterocycles. The minimum atomic E-state index is 0.0667. The summed E-state index contributed by atoms with van der Waals surface area (Å²) in [6, 6.07) is 8.68. The highest BCUT2D eigenvalue weighted by atomic mass is 16.2. The molecule has 3 aliphatic rings. The fraction of sp³-hybridized carbons (Fsp3) is 0.500. The minimum Gasteiger partial charge on any atom is -0.330 e. The first kappa shape index (κ1) is 14.3. The Morgan fingerprint density at radius 1 is 1.38 bits per heavy atom. The Hall–Kier alpha value is -1.61. The molecule has 3 nitrogen and oxygen atoms in total. The molecule has 21 heavy (non-hydrogen) atoms. The fourth-order valence-corrected chi connectivity index (χ4v) is 3.73. The number of amides is 1. The van der Waals surface area contributed by atoms with Crippen LogP contribution in [0.2, 0.25) is 0 Å². The Kier molecular flexibility index (Phi) is 4.11. The molecule has 1 aromatic carbocycles. The number of fused-ring (bicyclic) bond motifs is 3. The van der Waals surface area contributed by atoms with Crippen molar-refractivity contribution in [1.29, 1.82) is 0 Å². The summed E-state index contributed by atoms with van der Waals surface area (Å²) in [4.78, 5) is 16.9. The number of hydrogen-bond donors (Lipinski definition) is 0. The second kappa shape index (κ2) is 6.02. The molecule has 0 aromatic heterocycles. The van der Waals surface area contributed by atoms with Crippen LogP contribution in [-0.4, -0.2) is 41.4 Å². The predicted molar refractivity (Wildman–Crippen MR) is 84.9 cm³/mol. The van der Waals surface area contributed by atoms with E-state index < -0.39 is 0 Å². The summed E-state index contributed by atoms with van der Waals surface area (Å²) in [5.41, 5.74) is 2.49. The van der Waals surface area contributed by atoms with E-state index in [1.54, 1.807) is 0 Å². The third-order valence-electron chi connectivity index (χ3n) is 5.08. The monoisotopic (exact) mass is 284 g/mol. The van der Waals surface area contributed by atoms with Crippen molar-refractivity contribution in [2.24, 2.45) is 5.92 Å². The first-order valence-electron chi connectivity index (χ1n) is 7.89. The first-order chi connectivity index (χ1) is 10.2. The lowest BCUT2D eigenvalue weighted by molar-refractivity contribution is -0.133. The number of rotatable bonds is 4. The molecule has 112 valence electrons. The molecule has 0 N–H and O–H groups in total. The highest BCUT2D eigenvalue weighted by Crippen LogP contribution is 2.32. The molecule has 3 aliphatic heterocycles. The highest BCUT2D eigenvalue weighted by molar-refractivity contribution is 5.87. The van der Waals surface area contributed by atoms with Crippen LogP contribution in [0.5, 0.6) is 0 Å². The number of aryl methyl sites for hydroxylation is 1. The smallest absolute Gasteiger partial charge is 0.246 e. The van der Waals surface area contributed by atoms with Crippen molar-refractivity contribution in [2.45, 2.75) is 32.4 Å². The van der Waals surface area contributed by atoms with Crippen molar-refractivity contribution in [3.05, 3.63) is 48.0 Å². The zero-order chi connectivity index (χ0) is 14.8. The molecular formula is C18H24N2O. The van der Waals surface area contributed by atoms with Crippen LogP contribution < -0.4 is 0 Å². The lowest BCUT2D eigenvalue weighted by atomic mass is 9.83. The fourth-order valence-electron chi connectivity index (χ4n) is 3.73. The standard InChI is InChI=1S/C18H24N2O/c1-3-18(21)20(12-16-7-5-4-6-14(16)2)17-13-19-10-8-15(17)9-11-19/h3-7,15,17H,1,8-13H2,2H3. The van der Waals surface area contributed by atoms with E-state index >= 15 is 0 Å². The summed E-state index contributed by atoms with van der Waals surface area (Å²) in [5.74, 6) is 0.722. The van der Waals surface area contributed by atoms with Gasteiger partial charge in [0.05, 0.1) is 0 Å². The number of piperidine rings is 3. The number of carbonyl (C=O) groups excluding carboxylic acids is 1. The van der Waals surface area contributed by atoms with E-state index in [1.165, 1.54) is 43.1 Å². The van der Waals surface area contributed by atoms with Gasteiger partial charge in [-0.05, 0) is 56.0 Å². The van der Waals surface area contributed by atoms with Gasteiger partial charge in [0.1, 0.15) is 0 Å². The van der Waals surface area contributed by atoms with Gasteiger partial charge in [-0.15, -0.1) is 0 Å². The van der Waals surface area contributed by atoms with Crippen molar-refractivity contribution in [3.63, 3.8) is 0 Å². The SMILES string of the molecule is C=CC(=O)N(Cc1ccccc1C)C1CN2CCC1CC2. The summed E-state index contributed by atoms with van der Waals surface area (Å²) in [7, 11) is 0. The van der Waals surface area contributed by atoms with Crippen molar-refractivity contribution in [3.8, 4) is 0 Å². The molecule has 0 saturated carbocycles. The molecule has 0 aliphatic carbocycles. The van der Waals surface area contributed by atoms with Crippen LogP contribution >= 0.6 is 0 Å². The van der Waals surface area contributed by atoms with Crippen LogP contribution in [0.25, 0.3) is 0 Å². The van der Waals surface area contributed by atoms with Crippen LogP contribution in [0.4, 0.5) is 0 Å². The Balaban J connectivity index is 1.83. The quantitative estimate of drug-likeness (QED) is 0.794. The van der Waals surface area contributed by atoms with E-state index in [2.05, 4.69) is 36.6 Å².